The number of hydrogen-bond donors (Lipinski definition) is 1. The van der Waals surface area contributed by atoms with Gasteiger partial charge in [-0.15, -0.1) is 0 Å². The van der Waals surface area contributed by atoms with Gasteiger partial charge in [-0.05, 0) is 50.7 Å². The molecular weight excluding hydrogens is 400 g/mol. The molecule has 2 aliphatic heterocycles. The molecule has 1 N–H and O–H groups in total. The molecule has 1 saturated heterocycles. The standard InChI is InChI=1S/C26H36N4O2/c1-5-8-21(4)24(9-6-2)30(7-3)15-14-29-12-10-22(11-13-29)27-19-23-18-25-26(20-28-23)32-17-16-31-25/h5-9,18,20,22,27H,1-3,10-17,19H2,4H3/b21-8-,24-9+. The molecule has 0 radical (unpaired) electrons. The van der Waals surface area contributed by atoms with Crippen molar-refractivity contribution in [2.24, 2.45) is 0 Å². The second kappa shape index (κ2) is 12.3. The Balaban J connectivity index is 1.43. The first-order valence-corrected chi connectivity index (χ1v) is 11.4. The van der Waals surface area contributed by atoms with Crippen molar-refractivity contribution in [3.63, 3.8) is 0 Å². The van der Waals surface area contributed by atoms with Gasteiger partial charge in [0.25, 0.3) is 0 Å². The van der Waals surface area contributed by atoms with E-state index >= 15 is 0 Å². The van der Waals surface area contributed by atoms with Crippen LogP contribution in [-0.4, -0.2) is 60.2 Å². The fraction of sp³-hybridized carbons (Fsp3) is 0.423. The lowest BCUT2D eigenvalue weighted by atomic mass is 10.0. The molecule has 6 nitrogen and oxygen atoms in total. The van der Waals surface area contributed by atoms with Crippen molar-refractivity contribution in [2.45, 2.75) is 32.4 Å². The Morgan fingerprint density at radius 3 is 2.56 bits per heavy atom. The molecule has 3 heterocycles. The molecule has 1 aromatic rings. The lowest BCUT2D eigenvalue weighted by Crippen LogP contribution is -2.44. The Labute approximate surface area is 192 Å². The van der Waals surface area contributed by atoms with Crippen LogP contribution in [0.2, 0.25) is 0 Å². The zero-order valence-corrected chi connectivity index (χ0v) is 19.3. The zero-order valence-electron chi connectivity index (χ0n) is 19.3. The minimum Gasteiger partial charge on any atom is -0.486 e. The Bertz CT molecular complexity index is 853. The molecule has 0 aliphatic carbocycles. The van der Waals surface area contributed by atoms with Crippen LogP contribution in [0.25, 0.3) is 0 Å². The van der Waals surface area contributed by atoms with Gasteiger partial charge in [-0.3, -0.25) is 4.98 Å². The molecule has 6 heteroatoms. The molecule has 0 atom stereocenters. The Hall–Kier alpha value is -2.83. The van der Waals surface area contributed by atoms with Crippen molar-refractivity contribution < 1.29 is 9.47 Å². The van der Waals surface area contributed by atoms with E-state index in [0.29, 0.717) is 19.3 Å². The number of ether oxygens (including phenoxy) is 2. The number of allylic oxidation sites excluding steroid dienone is 5. The van der Waals surface area contributed by atoms with E-state index in [9.17, 15) is 0 Å². The van der Waals surface area contributed by atoms with Gasteiger partial charge >= 0.3 is 0 Å². The summed E-state index contributed by atoms with van der Waals surface area (Å²) in [6, 6.07) is 2.49. The van der Waals surface area contributed by atoms with Crippen LogP contribution in [-0.2, 0) is 6.54 Å². The predicted octanol–water partition coefficient (Wildman–Crippen LogP) is 4.05. The van der Waals surface area contributed by atoms with Gasteiger partial charge in [-0.25, -0.2) is 0 Å². The van der Waals surface area contributed by atoms with E-state index in [1.165, 1.54) is 0 Å². The molecule has 1 fully saturated rings. The van der Waals surface area contributed by atoms with Crippen molar-refractivity contribution in [3.05, 3.63) is 79.5 Å². The van der Waals surface area contributed by atoms with Crippen LogP contribution in [0.3, 0.4) is 0 Å². The van der Waals surface area contributed by atoms with Crippen LogP contribution in [0.15, 0.2) is 73.8 Å². The summed E-state index contributed by atoms with van der Waals surface area (Å²) < 4.78 is 11.2. The van der Waals surface area contributed by atoms with E-state index in [-0.39, 0.29) is 0 Å². The highest BCUT2D eigenvalue weighted by atomic mass is 16.6. The Kier molecular flexibility index (Phi) is 9.13. The molecule has 0 bridgehead atoms. The highest BCUT2D eigenvalue weighted by Crippen LogP contribution is 2.29. The first-order valence-electron chi connectivity index (χ1n) is 11.4. The van der Waals surface area contributed by atoms with Crippen LogP contribution in [0.5, 0.6) is 11.5 Å². The maximum Gasteiger partial charge on any atom is 0.179 e. The van der Waals surface area contributed by atoms with Gasteiger partial charge in [0.15, 0.2) is 11.5 Å². The van der Waals surface area contributed by atoms with Gasteiger partial charge in [0.05, 0.1) is 11.9 Å². The molecule has 0 aromatic carbocycles. The minimum absolute atomic E-state index is 0.505. The third kappa shape index (κ3) is 6.58. The second-order valence-corrected chi connectivity index (χ2v) is 8.07. The van der Waals surface area contributed by atoms with E-state index in [1.807, 2.05) is 36.6 Å². The van der Waals surface area contributed by atoms with E-state index in [0.717, 1.165) is 74.0 Å². The monoisotopic (exact) mass is 436 g/mol. The first-order chi connectivity index (χ1) is 15.6. The Morgan fingerprint density at radius 2 is 1.88 bits per heavy atom. The molecule has 2 aliphatic rings. The molecule has 32 heavy (non-hydrogen) atoms. The van der Waals surface area contributed by atoms with Crippen LogP contribution >= 0.6 is 0 Å². The molecule has 0 saturated carbocycles. The maximum absolute atomic E-state index is 5.66. The zero-order chi connectivity index (χ0) is 22.8. The summed E-state index contributed by atoms with van der Waals surface area (Å²) in [6.45, 7) is 19.7. The molecule has 172 valence electrons. The average molecular weight is 437 g/mol. The number of nitrogens with zero attached hydrogens (tertiary/aromatic N) is 3. The lowest BCUT2D eigenvalue weighted by molar-refractivity contribution is 0.170. The third-order valence-corrected chi connectivity index (χ3v) is 5.88. The number of pyridine rings is 1. The quantitative estimate of drug-likeness (QED) is 0.528. The number of rotatable bonds is 11. The number of aromatic nitrogens is 1. The Morgan fingerprint density at radius 1 is 1.16 bits per heavy atom. The third-order valence-electron chi connectivity index (χ3n) is 5.88. The summed E-state index contributed by atoms with van der Waals surface area (Å²) in [6.07, 6.45) is 13.6. The summed E-state index contributed by atoms with van der Waals surface area (Å²) in [4.78, 5) is 9.20. The van der Waals surface area contributed by atoms with E-state index in [1.54, 1.807) is 6.20 Å². The van der Waals surface area contributed by atoms with Gasteiger partial charge in [-0.2, -0.15) is 0 Å². The summed E-state index contributed by atoms with van der Waals surface area (Å²) in [5.41, 5.74) is 3.25. The van der Waals surface area contributed by atoms with Gasteiger partial charge in [0.1, 0.15) is 13.2 Å². The van der Waals surface area contributed by atoms with Crippen molar-refractivity contribution >= 4 is 0 Å². The van der Waals surface area contributed by atoms with Crippen LogP contribution in [0.4, 0.5) is 0 Å². The number of nitrogens with one attached hydrogen (secondary N) is 1. The SMILES string of the molecule is C=C/C=C(C)\C(=C/C=C)N(C=C)CCN1CCC(NCc2cc3c(cn2)OCCO3)CC1. The van der Waals surface area contributed by atoms with Gasteiger partial charge in [-0.1, -0.05) is 38.0 Å². The smallest absolute Gasteiger partial charge is 0.179 e. The summed E-state index contributed by atoms with van der Waals surface area (Å²) in [7, 11) is 0. The number of fused-ring (bicyclic) bond motifs is 1. The first kappa shape index (κ1) is 23.8. The molecule has 1 aromatic heterocycles. The van der Waals surface area contributed by atoms with Crippen molar-refractivity contribution in [3.8, 4) is 11.5 Å². The van der Waals surface area contributed by atoms with Crippen molar-refractivity contribution in [2.75, 3.05) is 39.4 Å². The highest BCUT2D eigenvalue weighted by molar-refractivity contribution is 5.40. The van der Waals surface area contributed by atoms with Crippen LogP contribution in [0, 0.1) is 0 Å². The average Bonchev–Trinajstić information content (AvgIpc) is 2.83. The van der Waals surface area contributed by atoms with Gasteiger partial charge in [0, 0.05) is 37.4 Å². The van der Waals surface area contributed by atoms with Gasteiger partial charge in [0.2, 0.25) is 0 Å². The van der Waals surface area contributed by atoms with E-state index < -0.39 is 0 Å². The normalized spacial score (nSPS) is 17.7. The molecule has 0 spiro atoms. The fourth-order valence-corrected chi connectivity index (χ4v) is 4.08. The summed E-state index contributed by atoms with van der Waals surface area (Å²) in [5, 5.41) is 3.66. The largest absolute Gasteiger partial charge is 0.486 e. The summed E-state index contributed by atoms with van der Waals surface area (Å²) >= 11 is 0. The summed E-state index contributed by atoms with van der Waals surface area (Å²) in [5.74, 6) is 1.54. The topological polar surface area (TPSA) is 49.9 Å². The fourth-order valence-electron chi connectivity index (χ4n) is 4.08. The van der Waals surface area contributed by atoms with Gasteiger partial charge < -0.3 is 24.6 Å². The highest BCUT2D eigenvalue weighted by Gasteiger charge is 2.20. The maximum atomic E-state index is 5.66. The van der Waals surface area contributed by atoms with Crippen molar-refractivity contribution in [1.29, 1.82) is 0 Å². The number of likely N-dealkylation sites (tertiary alicyclic amines) is 1. The molecule has 3 rings (SSSR count). The van der Waals surface area contributed by atoms with Crippen LogP contribution in [0.1, 0.15) is 25.5 Å². The number of piperidine rings is 1. The van der Waals surface area contributed by atoms with E-state index in [2.05, 4.69) is 46.8 Å². The van der Waals surface area contributed by atoms with E-state index in [4.69, 9.17) is 9.47 Å². The predicted molar refractivity (Wildman–Crippen MR) is 131 cm³/mol. The minimum atomic E-state index is 0.505. The number of hydrogen-bond acceptors (Lipinski definition) is 6. The van der Waals surface area contributed by atoms with Crippen molar-refractivity contribution in [1.82, 2.24) is 20.1 Å². The van der Waals surface area contributed by atoms with Crippen LogP contribution < -0.4 is 14.8 Å². The molecule has 0 unspecified atom stereocenters. The molecule has 0 amide bonds. The second-order valence-electron chi connectivity index (χ2n) is 8.07. The lowest BCUT2D eigenvalue weighted by Gasteiger charge is -2.34. The molecular formula is C26H36N4O2.